The van der Waals surface area contributed by atoms with Crippen LogP contribution in [0.3, 0.4) is 0 Å². The lowest BCUT2D eigenvalue weighted by Gasteiger charge is -2.10. The van der Waals surface area contributed by atoms with Crippen molar-refractivity contribution in [3.8, 4) is 17.6 Å². The second-order valence-electron chi connectivity index (χ2n) is 5.97. The molecule has 0 unspecified atom stereocenters. The van der Waals surface area contributed by atoms with Crippen LogP contribution < -0.4 is 15.0 Å². The van der Waals surface area contributed by atoms with E-state index < -0.39 is 0 Å². The van der Waals surface area contributed by atoms with Gasteiger partial charge in [0.1, 0.15) is 6.07 Å². The van der Waals surface area contributed by atoms with Crippen molar-refractivity contribution in [3.05, 3.63) is 63.2 Å². The minimum absolute atomic E-state index is 0.171. The van der Waals surface area contributed by atoms with Gasteiger partial charge in [0, 0.05) is 17.0 Å². The molecule has 7 heteroatoms. The van der Waals surface area contributed by atoms with E-state index in [-0.39, 0.29) is 17.0 Å². The number of benzene rings is 2. The SMILES string of the molecule is N#CC(=Cc1cccc2c1OCCCO2)c1nc2cc(Cl)ccc2c(=O)[nH]1. The molecule has 0 radical (unpaired) electrons. The highest BCUT2D eigenvalue weighted by Crippen LogP contribution is 2.35. The molecule has 3 aromatic rings. The quantitative estimate of drug-likeness (QED) is 0.684. The molecule has 134 valence electrons. The number of hydrogen-bond acceptors (Lipinski definition) is 5. The number of rotatable bonds is 2. The molecule has 0 saturated carbocycles. The standard InChI is InChI=1S/C20H14ClN3O3/c21-14-5-6-15-16(10-14)23-19(24-20(15)25)13(11-22)9-12-3-1-4-17-18(12)27-8-2-7-26-17/h1,3-6,9-10H,2,7-8H2,(H,23,24,25). The minimum atomic E-state index is -0.334. The largest absolute Gasteiger partial charge is 0.490 e. The summed E-state index contributed by atoms with van der Waals surface area (Å²) in [6.07, 6.45) is 2.41. The number of fused-ring (bicyclic) bond motifs is 2. The molecular formula is C20H14ClN3O3. The van der Waals surface area contributed by atoms with Gasteiger partial charge >= 0.3 is 0 Å². The van der Waals surface area contributed by atoms with Gasteiger partial charge in [-0.3, -0.25) is 4.79 Å². The lowest BCUT2D eigenvalue weighted by Crippen LogP contribution is -2.11. The van der Waals surface area contributed by atoms with Gasteiger partial charge in [-0.1, -0.05) is 23.7 Å². The number of nitriles is 1. The molecule has 27 heavy (non-hydrogen) atoms. The molecule has 0 bridgehead atoms. The Kier molecular flexibility index (Phi) is 4.53. The van der Waals surface area contributed by atoms with E-state index in [4.69, 9.17) is 21.1 Å². The van der Waals surface area contributed by atoms with E-state index in [1.807, 2.05) is 18.2 Å². The van der Waals surface area contributed by atoms with Gasteiger partial charge in [0.15, 0.2) is 17.3 Å². The maximum atomic E-state index is 12.3. The van der Waals surface area contributed by atoms with Crippen LogP contribution in [0.1, 0.15) is 17.8 Å². The highest BCUT2D eigenvalue weighted by atomic mass is 35.5. The Morgan fingerprint density at radius 3 is 2.96 bits per heavy atom. The molecule has 0 aliphatic carbocycles. The van der Waals surface area contributed by atoms with Crippen LogP contribution in [0, 0.1) is 11.3 Å². The number of aromatic nitrogens is 2. The van der Waals surface area contributed by atoms with Gasteiger partial charge in [-0.25, -0.2) is 4.98 Å². The predicted molar refractivity (Wildman–Crippen MR) is 103 cm³/mol. The smallest absolute Gasteiger partial charge is 0.259 e. The Morgan fingerprint density at radius 1 is 1.26 bits per heavy atom. The third-order valence-electron chi connectivity index (χ3n) is 4.15. The van der Waals surface area contributed by atoms with Gasteiger partial charge in [-0.2, -0.15) is 5.26 Å². The number of nitrogens with one attached hydrogen (secondary N) is 1. The topological polar surface area (TPSA) is 88.0 Å². The van der Waals surface area contributed by atoms with Crippen LogP contribution in [0.5, 0.6) is 11.5 Å². The number of hydrogen-bond donors (Lipinski definition) is 1. The van der Waals surface area contributed by atoms with E-state index in [9.17, 15) is 10.1 Å². The Labute approximate surface area is 159 Å². The first-order valence-electron chi connectivity index (χ1n) is 8.36. The average molecular weight is 380 g/mol. The Balaban J connectivity index is 1.85. The molecule has 1 aliphatic heterocycles. The van der Waals surface area contributed by atoms with Gasteiger partial charge in [0.25, 0.3) is 5.56 Å². The number of para-hydroxylation sites is 1. The molecule has 0 saturated heterocycles. The van der Waals surface area contributed by atoms with E-state index in [0.717, 1.165) is 6.42 Å². The molecule has 0 fully saturated rings. The minimum Gasteiger partial charge on any atom is -0.490 e. The summed E-state index contributed by atoms with van der Waals surface area (Å²) >= 11 is 6.00. The van der Waals surface area contributed by atoms with Gasteiger partial charge in [0.2, 0.25) is 0 Å². The molecule has 6 nitrogen and oxygen atoms in total. The molecule has 2 heterocycles. The molecule has 0 spiro atoms. The van der Waals surface area contributed by atoms with Crippen LogP contribution in [0.4, 0.5) is 0 Å². The summed E-state index contributed by atoms with van der Waals surface area (Å²) in [4.78, 5) is 19.4. The van der Waals surface area contributed by atoms with Crippen molar-refractivity contribution in [1.29, 1.82) is 5.26 Å². The average Bonchev–Trinajstić information content (AvgIpc) is 2.91. The molecule has 0 atom stereocenters. The monoisotopic (exact) mass is 379 g/mol. The fraction of sp³-hybridized carbons (Fsp3) is 0.150. The van der Waals surface area contributed by atoms with Crippen molar-refractivity contribution in [1.82, 2.24) is 9.97 Å². The highest BCUT2D eigenvalue weighted by molar-refractivity contribution is 6.31. The summed E-state index contributed by atoms with van der Waals surface area (Å²) in [6.45, 7) is 1.11. The molecule has 4 rings (SSSR count). The van der Waals surface area contributed by atoms with Crippen LogP contribution in [-0.4, -0.2) is 23.2 Å². The zero-order valence-corrected chi connectivity index (χ0v) is 14.9. The van der Waals surface area contributed by atoms with Gasteiger partial charge in [-0.15, -0.1) is 0 Å². The van der Waals surface area contributed by atoms with E-state index in [2.05, 4.69) is 16.0 Å². The molecule has 1 N–H and O–H groups in total. The van der Waals surface area contributed by atoms with Crippen LogP contribution in [-0.2, 0) is 0 Å². The summed E-state index contributed by atoms with van der Waals surface area (Å²) in [5.41, 5.74) is 0.975. The van der Waals surface area contributed by atoms with E-state index >= 15 is 0 Å². The van der Waals surface area contributed by atoms with Crippen LogP contribution in [0.25, 0.3) is 22.6 Å². The maximum absolute atomic E-state index is 12.3. The summed E-state index contributed by atoms with van der Waals surface area (Å²) < 4.78 is 11.5. The Hall–Kier alpha value is -3.30. The second-order valence-corrected chi connectivity index (χ2v) is 6.41. The number of nitrogens with zero attached hydrogens (tertiary/aromatic N) is 2. The molecular weight excluding hydrogens is 366 g/mol. The van der Waals surface area contributed by atoms with Crippen LogP contribution >= 0.6 is 11.6 Å². The van der Waals surface area contributed by atoms with Crippen molar-refractivity contribution in [2.45, 2.75) is 6.42 Å². The second kappa shape index (κ2) is 7.14. The zero-order chi connectivity index (χ0) is 18.8. The third kappa shape index (κ3) is 3.37. The first-order valence-corrected chi connectivity index (χ1v) is 8.74. The lowest BCUT2D eigenvalue weighted by molar-refractivity contribution is 0.296. The normalized spacial score (nSPS) is 13.9. The van der Waals surface area contributed by atoms with Gasteiger partial charge in [0.05, 0.1) is 29.7 Å². The lowest BCUT2D eigenvalue weighted by atomic mass is 10.1. The fourth-order valence-corrected chi connectivity index (χ4v) is 3.05. The van der Waals surface area contributed by atoms with Crippen LogP contribution in [0.15, 0.2) is 41.2 Å². The van der Waals surface area contributed by atoms with E-state index in [0.29, 0.717) is 46.2 Å². The summed E-state index contributed by atoms with van der Waals surface area (Å²) in [5.74, 6) is 1.38. The number of ether oxygens (including phenoxy) is 2. The highest BCUT2D eigenvalue weighted by Gasteiger charge is 2.15. The summed E-state index contributed by atoms with van der Waals surface area (Å²) in [5, 5.41) is 10.5. The van der Waals surface area contributed by atoms with Gasteiger partial charge in [-0.05, 0) is 30.3 Å². The van der Waals surface area contributed by atoms with Crippen LogP contribution in [0.2, 0.25) is 5.02 Å². The first-order chi connectivity index (χ1) is 13.2. The molecule has 1 aromatic heterocycles. The van der Waals surface area contributed by atoms with Gasteiger partial charge < -0.3 is 14.5 Å². The molecule has 2 aromatic carbocycles. The number of allylic oxidation sites excluding steroid dienone is 1. The van der Waals surface area contributed by atoms with Crippen molar-refractivity contribution < 1.29 is 9.47 Å². The summed E-state index contributed by atoms with van der Waals surface area (Å²) in [7, 11) is 0. The maximum Gasteiger partial charge on any atom is 0.259 e. The third-order valence-corrected chi connectivity index (χ3v) is 4.38. The van der Waals surface area contributed by atoms with E-state index in [1.54, 1.807) is 24.3 Å². The predicted octanol–water partition coefficient (Wildman–Crippen LogP) is 3.80. The Bertz CT molecular complexity index is 1160. The molecule has 1 aliphatic rings. The van der Waals surface area contributed by atoms with Crippen molar-refractivity contribution in [2.24, 2.45) is 0 Å². The number of aromatic amines is 1. The number of halogens is 1. The first kappa shape index (κ1) is 17.1. The fourth-order valence-electron chi connectivity index (χ4n) is 2.88. The summed E-state index contributed by atoms with van der Waals surface area (Å²) in [6, 6.07) is 12.4. The number of H-pyrrole nitrogens is 1. The Morgan fingerprint density at radius 2 is 2.11 bits per heavy atom. The molecule has 0 amide bonds. The zero-order valence-electron chi connectivity index (χ0n) is 14.2. The van der Waals surface area contributed by atoms with Crippen molar-refractivity contribution >= 4 is 34.2 Å². The van der Waals surface area contributed by atoms with Crippen molar-refractivity contribution in [2.75, 3.05) is 13.2 Å². The van der Waals surface area contributed by atoms with Crippen molar-refractivity contribution in [3.63, 3.8) is 0 Å². The van der Waals surface area contributed by atoms with E-state index in [1.165, 1.54) is 0 Å².